The van der Waals surface area contributed by atoms with E-state index in [9.17, 15) is 4.79 Å². The molecular formula is C12H22N4O. The summed E-state index contributed by atoms with van der Waals surface area (Å²) in [5.74, 6) is -0.0266. The molecule has 1 amide bonds. The molecule has 5 nitrogen and oxygen atoms in total. The van der Waals surface area contributed by atoms with E-state index in [1.807, 2.05) is 6.07 Å². The summed E-state index contributed by atoms with van der Waals surface area (Å²) in [6.45, 7) is 6.10. The van der Waals surface area contributed by atoms with Crippen LogP contribution >= 0.6 is 0 Å². The van der Waals surface area contributed by atoms with Crippen LogP contribution in [0.4, 0.5) is 0 Å². The molecule has 96 valence electrons. The Kier molecular flexibility index (Phi) is 6.60. The number of carbonyl (C=O) groups is 1. The molecule has 0 radical (unpaired) electrons. The topological polar surface area (TPSA) is 68.2 Å². The lowest BCUT2D eigenvalue weighted by Crippen LogP contribution is -2.41. The summed E-state index contributed by atoms with van der Waals surface area (Å²) in [5.41, 5.74) is 0. The SMILES string of the molecule is CCN1CCCC1CNCC(=O)NCCC#N. The Morgan fingerprint density at radius 1 is 1.59 bits per heavy atom. The number of nitrogens with zero attached hydrogens (tertiary/aromatic N) is 2. The van der Waals surface area contributed by atoms with E-state index >= 15 is 0 Å². The van der Waals surface area contributed by atoms with Gasteiger partial charge in [0.2, 0.25) is 5.91 Å². The first kappa shape index (κ1) is 13.9. The van der Waals surface area contributed by atoms with Crippen LogP contribution in [-0.2, 0) is 4.79 Å². The number of likely N-dealkylation sites (tertiary alicyclic amines) is 1. The summed E-state index contributed by atoms with van der Waals surface area (Å²) < 4.78 is 0. The molecule has 2 N–H and O–H groups in total. The van der Waals surface area contributed by atoms with Crippen molar-refractivity contribution in [3.63, 3.8) is 0 Å². The molecule has 1 fully saturated rings. The predicted molar refractivity (Wildman–Crippen MR) is 66.4 cm³/mol. The van der Waals surface area contributed by atoms with Gasteiger partial charge < -0.3 is 10.6 Å². The molecule has 17 heavy (non-hydrogen) atoms. The Balaban J connectivity index is 2.07. The van der Waals surface area contributed by atoms with Gasteiger partial charge in [0.25, 0.3) is 0 Å². The van der Waals surface area contributed by atoms with Crippen LogP contribution in [0.15, 0.2) is 0 Å². The summed E-state index contributed by atoms with van der Waals surface area (Å²) in [6.07, 6.45) is 2.85. The fraction of sp³-hybridized carbons (Fsp3) is 0.833. The second-order valence-corrected chi connectivity index (χ2v) is 4.31. The number of amides is 1. The highest BCUT2D eigenvalue weighted by Crippen LogP contribution is 2.15. The maximum Gasteiger partial charge on any atom is 0.233 e. The number of nitrogens with one attached hydrogen (secondary N) is 2. The minimum absolute atomic E-state index is 0.0266. The largest absolute Gasteiger partial charge is 0.354 e. The molecular weight excluding hydrogens is 216 g/mol. The van der Waals surface area contributed by atoms with Crippen LogP contribution in [0.2, 0.25) is 0 Å². The van der Waals surface area contributed by atoms with Crippen LogP contribution in [0.5, 0.6) is 0 Å². The van der Waals surface area contributed by atoms with Gasteiger partial charge >= 0.3 is 0 Å². The van der Waals surface area contributed by atoms with E-state index in [2.05, 4.69) is 22.5 Å². The lowest BCUT2D eigenvalue weighted by atomic mass is 10.2. The molecule has 1 unspecified atom stereocenters. The van der Waals surface area contributed by atoms with Crippen molar-refractivity contribution >= 4 is 5.91 Å². The highest BCUT2D eigenvalue weighted by Gasteiger charge is 2.22. The van der Waals surface area contributed by atoms with Gasteiger partial charge in [0.15, 0.2) is 0 Å². The number of nitriles is 1. The van der Waals surface area contributed by atoms with E-state index in [1.54, 1.807) is 0 Å². The van der Waals surface area contributed by atoms with Crippen LogP contribution in [0.3, 0.4) is 0 Å². The standard InChI is InChI=1S/C12H22N4O/c1-2-16-8-3-5-11(16)9-14-10-12(17)15-7-4-6-13/h11,14H,2-5,7-10H2,1H3,(H,15,17). The zero-order chi connectivity index (χ0) is 12.5. The van der Waals surface area contributed by atoms with Crippen molar-refractivity contribution in [2.24, 2.45) is 0 Å². The van der Waals surface area contributed by atoms with E-state index in [4.69, 9.17) is 5.26 Å². The average molecular weight is 238 g/mol. The third-order valence-electron chi connectivity index (χ3n) is 3.13. The summed E-state index contributed by atoms with van der Waals surface area (Å²) in [5, 5.41) is 14.2. The third kappa shape index (κ3) is 5.16. The number of carbonyl (C=O) groups excluding carboxylic acids is 1. The lowest BCUT2D eigenvalue weighted by Gasteiger charge is -2.22. The summed E-state index contributed by atoms with van der Waals surface area (Å²) in [7, 11) is 0. The normalized spacial score (nSPS) is 20.1. The zero-order valence-corrected chi connectivity index (χ0v) is 10.5. The van der Waals surface area contributed by atoms with Gasteiger partial charge in [-0.3, -0.25) is 9.69 Å². The smallest absolute Gasteiger partial charge is 0.233 e. The maximum absolute atomic E-state index is 11.3. The number of hydrogen-bond donors (Lipinski definition) is 2. The minimum atomic E-state index is -0.0266. The quantitative estimate of drug-likeness (QED) is 0.617. The predicted octanol–water partition coefficient (Wildman–Crippen LogP) is 0.0902. The van der Waals surface area contributed by atoms with Crippen LogP contribution in [0.25, 0.3) is 0 Å². The Labute approximate surface area is 103 Å². The second kappa shape index (κ2) is 8.04. The molecule has 0 aromatic rings. The summed E-state index contributed by atoms with van der Waals surface area (Å²) in [4.78, 5) is 13.8. The van der Waals surface area contributed by atoms with E-state index in [0.717, 1.165) is 13.1 Å². The van der Waals surface area contributed by atoms with Gasteiger partial charge in [-0.05, 0) is 25.9 Å². The van der Waals surface area contributed by atoms with Crippen molar-refractivity contribution in [2.45, 2.75) is 32.2 Å². The Hall–Kier alpha value is -1.12. The van der Waals surface area contributed by atoms with Crippen LogP contribution < -0.4 is 10.6 Å². The van der Waals surface area contributed by atoms with Gasteiger partial charge in [0.1, 0.15) is 0 Å². The number of rotatable bonds is 7. The van der Waals surface area contributed by atoms with Crippen LogP contribution in [0.1, 0.15) is 26.2 Å². The Bertz CT molecular complexity index is 274. The van der Waals surface area contributed by atoms with E-state index in [0.29, 0.717) is 25.6 Å². The van der Waals surface area contributed by atoms with Gasteiger partial charge in [-0.1, -0.05) is 6.92 Å². The van der Waals surface area contributed by atoms with Crippen molar-refractivity contribution in [1.29, 1.82) is 5.26 Å². The lowest BCUT2D eigenvalue weighted by molar-refractivity contribution is -0.120. The first-order valence-corrected chi connectivity index (χ1v) is 6.36. The van der Waals surface area contributed by atoms with Crippen molar-refractivity contribution in [3.05, 3.63) is 0 Å². The van der Waals surface area contributed by atoms with Crippen molar-refractivity contribution in [3.8, 4) is 6.07 Å². The van der Waals surface area contributed by atoms with Gasteiger partial charge in [-0.25, -0.2) is 0 Å². The molecule has 1 heterocycles. The molecule has 1 saturated heterocycles. The highest BCUT2D eigenvalue weighted by atomic mass is 16.1. The molecule has 0 aromatic heterocycles. The molecule has 1 rings (SSSR count). The molecule has 1 atom stereocenters. The molecule has 1 aliphatic rings. The van der Waals surface area contributed by atoms with Gasteiger partial charge in [0, 0.05) is 19.1 Å². The molecule has 0 spiro atoms. The molecule has 5 heteroatoms. The zero-order valence-electron chi connectivity index (χ0n) is 10.5. The Morgan fingerprint density at radius 2 is 2.41 bits per heavy atom. The fourth-order valence-electron chi connectivity index (χ4n) is 2.22. The van der Waals surface area contributed by atoms with Crippen molar-refractivity contribution in [1.82, 2.24) is 15.5 Å². The van der Waals surface area contributed by atoms with Crippen LogP contribution in [-0.4, -0.2) is 49.6 Å². The van der Waals surface area contributed by atoms with Crippen molar-refractivity contribution < 1.29 is 4.79 Å². The number of likely N-dealkylation sites (N-methyl/N-ethyl adjacent to an activating group) is 1. The Morgan fingerprint density at radius 3 is 3.12 bits per heavy atom. The third-order valence-corrected chi connectivity index (χ3v) is 3.13. The monoisotopic (exact) mass is 238 g/mol. The van der Waals surface area contributed by atoms with Crippen LogP contribution in [0, 0.1) is 11.3 Å². The average Bonchev–Trinajstić information content (AvgIpc) is 2.77. The first-order valence-electron chi connectivity index (χ1n) is 6.36. The molecule has 0 bridgehead atoms. The number of hydrogen-bond acceptors (Lipinski definition) is 4. The van der Waals surface area contributed by atoms with Gasteiger partial charge in [-0.2, -0.15) is 5.26 Å². The van der Waals surface area contributed by atoms with Gasteiger partial charge in [-0.15, -0.1) is 0 Å². The molecule has 1 aliphatic heterocycles. The summed E-state index contributed by atoms with van der Waals surface area (Å²) in [6, 6.07) is 2.57. The minimum Gasteiger partial charge on any atom is -0.354 e. The second-order valence-electron chi connectivity index (χ2n) is 4.31. The van der Waals surface area contributed by atoms with E-state index < -0.39 is 0 Å². The maximum atomic E-state index is 11.3. The highest BCUT2D eigenvalue weighted by molar-refractivity contribution is 5.77. The first-order chi connectivity index (χ1) is 8.27. The fourth-order valence-corrected chi connectivity index (χ4v) is 2.22. The van der Waals surface area contributed by atoms with E-state index in [1.165, 1.54) is 19.4 Å². The molecule has 0 aromatic carbocycles. The van der Waals surface area contributed by atoms with E-state index in [-0.39, 0.29) is 5.91 Å². The summed E-state index contributed by atoms with van der Waals surface area (Å²) >= 11 is 0. The molecule has 0 saturated carbocycles. The van der Waals surface area contributed by atoms with Gasteiger partial charge in [0.05, 0.1) is 19.0 Å². The molecule has 0 aliphatic carbocycles. The van der Waals surface area contributed by atoms with Crippen molar-refractivity contribution in [2.75, 3.05) is 32.7 Å².